The van der Waals surface area contributed by atoms with Gasteiger partial charge in [-0.15, -0.1) is 0 Å². The van der Waals surface area contributed by atoms with Gasteiger partial charge >= 0.3 is 6.03 Å². The Balaban J connectivity index is 1.95. The molecule has 0 spiro atoms. The lowest BCUT2D eigenvalue weighted by Crippen LogP contribution is -2.39. The van der Waals surface area contributed by atoms with Gasteiger partial charge in [-0.1, -0.05) is 24.3 Å². The van der Waals surface area contributed by atoms with Crippen LogP contribution >= 0.6 is 0 Å². The molecule has 0 aliphatic heterocycles. The molecular formula is C17H19FN2O3. The number of aliphatic hydroxyl groups excluding tert-OH is 1. The van der Waals surface area contributed by atoms with E-state index in [0.29, 0.717) is 11.3 Å². The van der Waals surface area contributed by atoms with E-state index < -0.39 is 24.0 Å². The average molecular weight is 318 g/mol. The van der Waals surface area contributed by atoms with Crippen LogP contribution in [0, 0.1) is 5.82 Å². The highest BCUT2D eigenvalue weighted by molar-refractivity contribution is 5.89. The summed E-state index contributed by atoms with van der Waals surface area (Å²) in [5, 5.41) is 15.3. The first-order valence-corrected chi connectivity index (χ1v) is 7.15. The van der Waals surface area contributed by atoms with Crippen molar-refractivity contribution in [3.8, 4) is 5.75 Å². The largest absolute Gasteiger partial charge is 0.497 e. The van der Waals surface area contributed by atoms with Crippen molar-refractivity contribution in [1.29, 1.82) is 0 Å². The predicted molar refractivity (Wildman–Crippen MR) is 86.0 cm³/mol. The molecule has 2 rings (SSSR count). The number of ether oxygens (including phenoxy) is 1. The first kappa shape index (κ1) is 16.8. The van der Waals surface area contributed by atoms with Crippen molar-refractivity contribution < 1.29 is 19.0 Å². The van der Waals surface area contributed by atoms with Crippen LogP contribution < -0.4 is 15.4 Å². The number of nitrogens with one attached hydrogen (secondary N) is 2. The summed E-state index contributed by atoms with van der Waals surface area (Å²) in [5.41, 5.74) is 0.723. The zero-order valence-corrected chi connectivity index (χ0v) is 12.9. The van der Waals surface area contributed by atoms with Crippen LogP contribution in [-0.2, 0) is 0 Å². The van der Waals surface area contributed by atoms with Gasteiger partial charge in [-0.3, -0.25) is 0 Å². The van der Waals surface area contributed by atoms with Crippen molar-refractivity contribution in [2.24, 2.45) is 0 Å². The summed E-state index contributed by atoms with van der Waals surface area (Å²) in [4.78, 5) is 11.9. The highest BCUT2D eigenvalue weighted by Crippen LogP contribution is 2.20. The number of carbonyl (C=O) groups excluding carboxylic acids is 1. The molecule has 23 heavy (non-hydrogen) atoms. The SMILES string of the molecule is COc1ccc(C(O)C(C)NC(=O)Nc2ccccc2F)cc1. The quantitative estimate of drug-likeness (QED) is 0.793. The van der Waals surface area contributed by atoms with E-state index in [1.807, 2.05) is 0 Å². The van der Waals surface area contributed by atoms with Crippen LogP contribution in [0.1, 0.15) is 18.6 Å². The van der Waals surface area contributed by atoms with Crippen LogP contribution in [0.3, 0.4) is 0 Å². The zero-order valence-electron chi connectivity index (χ0n) is 12.9. The number of methoxy groups -OCH3 is 1. The summed E-state index contributed by atoms with van der Waals surface area (Å²) in [5.74, 6) is 0.157. The molecule has 0 aromatic heterocycles. The van der Waals surface area contributed by atoms with Crippen LogP contribution in [0.25, 0.3) is 0 Å². The summed E-state index contributed by atoms with van der Waals surface area (Å²) in [7, 11) is 1.56. The van der Waals surface area contributed by atoms with E-state index in [4.69, 9.17) is 4.74 Å². The van der Waals surface area contributed by atoms with Gasteiger partial charge in [-0.25, -0.2) is 9.18 Å². The fraction of sp³-hybridized carbons (Fsp3) is 0.235. The van der Waals surface area contributed by atoms with Gasteiger partial charge < -0.3 is 20.5 Å². The Kier molecular flexibility index (Phi) is 5.54. The molecule has 0 aliphatic rings. The molecule has 3 N–H and O–H groups in total. The molecule has 2 aromatic rings. The number of para-hydroxylation sites is 1. The van der Waals surface area contributed by atoms with E-state index in [2.05, 4.69) is 10.6 Å². The number of anilines is 1. The average Bonchev–Trinajstić information content (AvgIpc) is 2.56. The molecule has 0 heterocycles. The summed E-state index contributed by atoms with van der Waals surface area (Å²) in [6.07, 6.45) is -0.896. The number of amides is 2. The Labute approximate surface area is 134 Å². The maximum absolute atomic E-state index is 13.5. The van der Waals surface area contributed by atoms with Gasteiger partial charge in [0.2, 0.25) is 0 Å². The van der Waals surface area contributed by atoms with Gasteiger partial charge in [0.15, 0.2) is 0 Å². The minimum absolute atomic E-state index is 0.0798. The third kappa shape index (κ3) is 4.43. The molecule has 0 aliphatic carbocycles. The topological polar surface area (TPSA) is 70.6 Å². The van der Waals surface area contributed by atoms with Crippen molar-refractivity contribution in [1.82, 2.24) is 5.32 Å². The highest BCUT2D eigenvalue weighted by Gasteiger charge is 2.19. The Morgan fingerprint density at radius 3 is 2.43 bits per heavy atom. The van der Waals surface area contributed by atoms with Crippen LogP contribution in [0.4, 0.5) is 14.9 Å². The van der Waals surface area contributed by atoms with Crippen LogP contribution in [0.5, 0.6) is 5.75 Å². The fourth-order valence-electron chi connectivity index (χ4n) is 2.10. The normalized spacial score (nSPS) is 13.0. The van der Waals surface area contributed by atoms with Crippen LogP contribution in [0.15, 0.2) is 48.5 Å². The molecule has 0 radical (unpaired) electrons. The number of hydrogen-bond donors (Lipinski definition) is 3. The summed E-state index contributed by atoms with van der Waals surface area (Å²) < 4.78 is 18.5. The summed E-state index contributed by atoms with van der Waals surface area (Å²) >= 11 is 0. The zero-order chi connectivity index (χ0) is 16.8. The highest BCUT2D eigenvalue weighted by atomic mass is 19.1. The van der Waals surface area contributed by atoms with Gasteiger partial charge in [-0.05, 0) is 36.8 Å². The Morgan fingerprint density at radius 2 is 1.83 bits per heavy atom. The standard InChI is InChI=1S/C17H19FN2O3/c1-11(16(21)12-7-9-13(23-2)10-8-12)19-17(22)20-15-6-4-3-5-14(15)18/h3-11,16,21H,1-2H3,(H2,19,20,22). The number of urea groups is 1. The molecule has 0 fully saturated rings. The molecule has 2 atom stereocenters. The van der Waals surface area contributed by atoms with Crippen LogP contribution in [-0.4, -0.2) is 24.3 Å². The third-order valence-electron chi connectivity index (χ3n) is 3.41. The molecular weight excluding hydrogens is 299 g/mol. The van der Waals surface area contributed by atoms with E-state index in [-0.39, 0.29) is 5.69 Å². The van der Waals surface area contributed by atoms with E-state index in [1.165, 1.54) is 18.2 Å². The van der Waals surface area contributed by atoms with E-state index >= 15 is 0 Å². The second-order valence-corrected chi connectivity index (χ2v) is 5.08. The lowest BCUT2D eigenvalue weighted by atomic mass is 10.0. The lowest BCUT2D eigenvalue weighted by Gasteiger charge is -2.21. The molecule has 0 saturated carbocycles. The smallest absolute Gasteiger partial charge is 0.319 e. The van der Waals surface area contributed by atoms with Crippen molar-refractivity contribution in [2.75, 3.05) is 12.4 Å². The predicted octanol–water partition coefficient (Wildman–Crippen LogP) is 3.08. The lowest BCUT2D eigenvalue weighted by molar-refractivity contribution is 0.139. The number of halogens is 1. The molecule has 2 unspecified atom stereocenters. The van der Waals surface area contributed by atoms with E-state index in [0.717, 1.165) is 0 Å². The molecule has 2 amide bonds. The van der Waals surface area contributed by atoms with Gasteiger partial charge in [0, 0.05) is 0 Å². The monoisotopic (exact) mass is 318 g/mol. The van der Waals surface area contributed by atoms with Gasteiger partial charge in [0.25, 0.3) is 0 Å². The molecule has 2 aromatic carbocycles. The number of hydrogen-bond acceptors (Lipinski definition) is 3. The Morgan fingerprint density at radius 1 is 1.17 bits per heavy atom. The second-order valence-electron chi connectivity index (χ2n) is 5.08. The maximum atomic E-state index is 13.5. The van der Waals surface area contributed by atoms with E-state index in [9.17, 15) is 14.3 Å². The molecule has 122 valence electrons. The summed E-state index contributed by atoms with van der Waals surface area (Å²) in [6.45, 7) is 1.66. The second kappa shape index (κ2) is 7.60. The Hall–Kier alpha value is -2.60. The molecule has 0 saturated heterocycles. The third-order valence-corrected chi connectivity index (χ3v) is 3.41. The van der Waals surface area contributed by atoms with Gasteiger partial charge in [0.1, 0.15) is 11.6 Å². The van der Waals surface area contributed by atoms with Crippen molar-refractivity contribution in [3.05, 3.63) is 59.9 Å². The summed E-state index contributed by atoms with van der Waals surface area (Å²) in [6, 6.07) is 11.6. The fourth-order valence-corrected chi connectivity index (χ4v) is 2.10. The first-order valence-electron chi connectivity index (χ1n) is 7.15. The van der Waals surface area contributed by atoms with Crippen molar-refractivity contribution in [2.45, 2.75) is 19.1 Å². The number of rotatable bonds is 5. The maximum Gasteiger partial charge on any atom is 0.319 e. The number of benzene rings is 2. The van der Waals surface area contributed by atoms with E-state index in [1.54, 1.807) is 44.4 Å². The Bertz CT molecular complexity index is 661. The molecule has 0 bridgehead atoms. The molecule has 5 nitrogen and oxygen atoms in total. The van der Waals surface area contributed by atoms with Gasteiger partial charge in [-0.2, -0.15) is 0 Å². The molecule has 6 heteroatoms. The number of aliphatic hydroxyl groups is 1. The van der Waals surface area contributed by atoms with Crippen LogP contribution in [0.2, 0.25) is 0 Å². The minimum Gasteiger partial charge on any atom is -0.497 e. The van der Waals surface area contributed by atoms with Crippen molar-refractivity contribution in [3.63, 3.8) is 0 Å². The number of carbonyl (C=O) groups is 1. The van der Waals surface area contributed by atoms with Crippen molar-refractivity contribution >= 4 is 11.7 Å². The van der Waals surface area contributed by atoms with Gasteiger partial charge in [0.05, 0.1) is 24.9 Å². The first-order chi connectivity index (χ1) is 11.0. The minimum atomic E-state index is -0.896.